The lowest BCUT2D eigenvalue weighted by Crippen LogP contribution is -2.42. The van der Waals surface area contributed by atoms with Crippen LogP contribution in [0.5, 0.6) is 0 Å². The second-order valence-electron chi connectivity index (χ2n) is 9.73. The van der Waals surface area contributed by atoms with E-state index in [1.165, 1.54) is 0 Å². The number of carbonyl (C=O) groups is 2. The molecule has 31 heavy (non-hydrogen) atoms. The summed E-state index contributed by atoms with van der Waals surface area (Å²) in [5.74, 6) is 0.494. The van der Waals surface area contributed by atoms with E-state index >= 15 is 0 Å². The first-order valence-electron chi connectivity index (χ1n) is 11.5. The predicted octanol–water partition coefficient (Wildman–Crippen LogP) is 3.00. The van der Waals surface area contributed by atoms with Crippen molar-refractivity contribution in [2.24, 2.45) is 11.3 Å². The van der Waals surface area contributed by atoms with Gasteiger partial charge in [-0.1, -0.05) is 6.42 Å². The van der Waals surface area contributed by atoms with Gasteiger partial charge < -0.3 is 14.4 Å². The number of imidazole rings is 1. The number of hydrogen-bond donors (Lipinski definition) is 0. The van der Waals surface area contributed by atoms with Crippen LogP contribution in [0.25, 0.3) is 0 Å². The molecular weight excluding hydrogens is 390 g/mol. The number of aromatic nitrogens is 3. The van der Waals surface area contributed by atoms with Crippen LogP contribution in [0.1, 0.15) is 62.7 Å². The fourth-order valence-corrected chi connectivity index (χ4v) is 5.37. The Morgan fingerprint density at radius 1 is 1.26 bits per heavy atom. The fourth-order valence-electron chi connectivity index (χ4n) is 5.37. The maximum absolute atomic E-state index is 13.8. The molecule has 2 aromatic rings. The summed E-state index contributed by atoms with van der Waals surface area (Å²) in [5.41, 5.74) is 1.46. The molecule has 2 saturated heterocycles. The number of carbonyl (C=O) groups excluding carboxylic acids is 2. The molecule has 7 nitrogen and oxygen atoms in total. The van der Waals surface area contributed by atoms with E-state index < -0.39 is 5.41 Å². The molecule has 1 aliphatic carbocycles. The van der Waals surface area contributed by atoms with Crippen molar-refractivity contribution < 1.29 is 9.59 Å². The summed E-state index contributed by atoms with van der Waals surface area (Å²) in [6.45, 7) is 6.67. The second-order valence-corrected chi connectivity index (χ2v) is 9.73. The zero-order valence-electron chi connectivity index (χ0n) is 18.4. The lowest BCUT2D eigenvalue weighted by atomic mass is 9.75. The highest BCUT2D eigenvalue weighted by Gasteiger charge is 2.59. The first-order chi connectivity index (χ1) is 15.0. The van der Waals surface area contributed by atoms with Crippen LogP contribution >= 0.6 is 0 Å². The maximum atomic E-state index is 13.8. The highest BCUT2D eigenvalue weighted by molar-refractivity contribution is 5.89. The van der Waals surface area contributed by atoms with Gasteiger partial charge in [-0.2, -0.15) is 0 Å². The summed E-state index contributed by atoms with van der Waals surface area (Å²) in [6.07, 6.45) is 11.3. The van der Waals surface area contributed by atoms with E-state index in [2.05, 4.69) is 29.6 Å². The van der Waals surface area contributed by atoms with Crippen molar-refractivity contribution in [3.05, 3.63) is 48.3 Å². The molecule has 5 rings (SSSR count). The van der Waals surface area contributed by atoms with E-state index in [1.807, 2.05) is 28.3 Å². The van der Waals surface area contributed by atoms with Crippen molar-refractivity contribution in [1.82, 2.24) is 24.3 Å². The summed E-state index contributed by atoms with van der Waals surface area (Å²) in [4.78, 5) is 39.6. The van der Waals surface area contributed by atoms with Gasteiger partial charge in [-0.25, -0.2) is 4.98 Å². The lowest BCUT2D eigenvalue weighted by molar-refractivity contribution is -0.139. The molecule has 7 heteroatoms. The molecular formula is C24H31N5O2. The van der Waals surface area contributed by atoms with Gasteiger partial charge in [0.05, 0.1) is 17.4 Å². The van der Waals surface area contributed by atoms with Crippen LogP contribution in [0.15, 0.2) is 37.1 Å². The molecule has 2 aliphatic heterocycles. The van der Waals surface area contributed by atoms with Crippen molar-refractivity contribution in [2.75, 3.05) is 19.6 Å². The third-order valence-electron chi connectivity index (χ3n) is 7.55. The SMILES string of the molecule is CC(C)n1cnc([C@@H]2CN(C(=O)C3CCC3)C[C@@]23CCN(Cc2ccncc2)C3=O)c1. The van der Waals surface area contributed by atoms with E-state index in [1.54, 1.807) is 12.4 Å². The quantitative estimate of drug-likeness (QED) is 0.744. The molecule has 2 aromatic heterocycles. The van der Waals surface area contributed by atoms with Crippen molar-refractivity contribution in [3.8, 4) is 0 Å². The Bertz CT molecular complexity index is 967. The molecule has 2 atom stereocenters. The van der Waals surface area contributed by atoms with Crippen LogP contribution < -0.4 is 0 Å². The van der Waals surface area contributed by atoms with Crippen LogP contribution in [-0.2, 0) is 16.1 Å². The summed E-state index contributed by atoms with van der Waals surface area (Å²) in [6, 6.07) is 4.23. The molecule has 3 aliphatic rings. The van der Waals surface area contributed by atoms with E-state index in [0.29, 0.717) is 32.2 Å². The number of hydrogen-bond acceptors (Lipinski definition) is 4. The minimum absolute atomic E-state index is 0.0496. The van der Waals surface area contributed by atoms with Crippen molar-refractivity contribution in [1.29, 1.82) is 0 Å². The third-order valence-corrected chi connectivity index (χ3v) is 7.55. The van der Waals surface area contributed by atoms with Gasteiger partial charge in [0.25, 0.3) is 0 Å². The van der Waals surface area contributed by atoms with Crippen LogP contribution in [0.3, 0.4) is 0 Å². The molecule has 3 fully saturated rings. The predicted molar refractivity (Wildman–Crippen MR) is 116 cm³/mol. The van der Waals surface area contributed by atoms with Gasteiger partial charge in [0, 0.05) is 62.6 Å². The largest absolute Gasteiger partial charge is 0.341 e. The maximum Gasteiger partial charge on any atom is 0.231 e. The molecule has 0 aromatic carbocycles. The van der Waals surface area contributed by atoms with Gasteiger partial charge in [-0.05, 0) is 50.8 Å². The van der Waals surface area contributed by atoms with Crippen molar-refractivity contribution in [2.45, 2.75) is 58.0 Å². The molecule has 0 bridgehead atoms. The molecule has 0 N–H and O–H groups in total. The molecule has 0 unspecified atom stereocenters. The first-order valence-corrected chi connectivity index (χ1v) is 11.5. The Hall–Kier alpha value is -2.70. The van der Waals surface area contributed by atoms with E-state index in [4.69, 9.17) is 4.98 Å². The van der Waals surface area contributed by atoms with Gasteiger partial charge in [0.1, 0.15) is 0 Å². The molecule has 164 valence electrons. The van der Waals surface area contributed by atoms with Crippen LogP contribution in [0, 0.1) is 11.3 Å². The number of pyridine rings is 1. The molecule has 2 amide bonds. The Balaban J connectivity index is 1.44. The summed E-state index contributed by atoms with van der Waals surface area (Å²) < 4.78 is 2.09. The highest BCUT2D eigenvalue weighted by atomic mass is 16.2. The van der Waals surface area contributed by atoms with Gasteiger partial charge in [0.2, 0.25) is 11.8 Å². The Labute approximate surface area is 183 Å². The minimum atomic E-state index is -0.567. The minimum Gasteiger partial charge on any atom is -0.341 e. The van der Waals surface area contributed by atoms with Gasteiger partial charge in [-0.15, -0.1) is 0 Å². The number of amides is 2. The zero-order valence-corrected chi connectivity index (χ0v) is 18.4. The summed E-state index contributed by atoms with van der Waals surface area (Å²) in [5, 5.41) is 0. The van der Waals surface area contributed by atoms with Crippen molar-refractivity contribution in [3.63, 3.8) is 0 Å². The van der Waals surface area contributed by atoms with Gasteiger partial charge in [-0.3, -0.25) is 14.6 Å². The van der Waals surface area contributed by atoms with Crippen LogP contribution in [0.2, 0.25) is 0 Å². The Kier molecular flexibility index (Phi) is 5.07. The lowest BCUT2D eigenvalue weighted by Gasteiger charge is -2.30. The topological polar surface area (TPSA) is 71.3 Å². The van der Waals surface area contributed by atoms with Gasteiger partial charge >= 0.3 is 0 Å². The van der Waals surface area contributed by atoms with Crippen LogP contribution in [0.4, 0.5) is 0 Å². The molecule has 1 saturated carbocycles. The average Bonchev–Trinajstić information content (AvgIpc) is 3.42. The Morgan fingerprint density at radius 2 is 2.03 bits per heavy atom. The molecule has 0 radical (unpaired) electrons. The number of likely N-dealkylation sites (tertiary alicyclic amines) is 2. The standard InChI is InChI=1S/C24H31N5O2/c1-17(2)29-14-21(26-16-29)20-13-28(22(30)19-4-3-5-19)15-24(20)8-11-27(23(24)31)12-18-6-9-25-10-7-18/h6-7,9-10,14,16-17,19-20H,3-5,8,11-13,15H2,1-2H3/t20-,24-/m0/s1. The average molecular weight is 422 g/mol. The second kappa shape index (κ2) is 7.77. The summed E-state index contributed by atoms with van der Waals surface area (Å²) in [7, 11) is 0. The first kappa shape index (κ1) is 20.2. The van der Waals surface area contributed by atoms with Crippen LogP contribution in [-0.4, -0.2) is 55.8 Å². The smallest absolute Gasteiger partial charge is 0.231 e. The highest BCUT2D eigenvalue weighted by Crippen LogP contribution is 2.50. The van der Waals surface area contributed by atoms with E-state index in [9.17, 15) is 9.59 Å². The summed E-state index contributed by atoms with van der Waals surface area (Å²) >= 11 is 0. The molecule has 4 heterocycles. The number of rotatable bonds is 5. The Morgan fingerprint density at radius 3 is 2.68 bits per heavy atom. The zero-order chi connectivity index (χ0) is 21.6. The third kappa shape index (κ3) is 3.44. The monoisotopic (exact) mass is 421 g/mol. The van der Waals surface area contributed by atoms with Crippen molar-refractivity contribution >= 4 is 11.8 Å². The fraction of sp³-hybridized carbons (Fsp3) is 0.583. The van der Waals surface area contributed by atoms with E-state index in [-0.39, 0.29) is 23.7 Å². The van der Waals surface area contributed by atoms with E-state index in [0.717, 1.165) is 36.9 Å². The molecule has 1 spiro atoms. The normalized spacial score (nSPS) is 26.3. The van der Waals surface area contributed by atoms with Gasteiger partial charge in [0.15, 0.2) is 0 Å². The number of nitrogens with zero attached hydrogens (tertiary/aromatic N) is 5.